The van der Waals surface area contributed by atoms with Crippen molar-refractivity contribution in [3.05, 3.63) is 34.9 Å². The Bertz CT molecular complexity index is 394. The summed E-state index contributed by atoms with van der Waals surface area (Å²) >= 11 is 5.94. The van der Waals surface area contributed by atoms with E-state index < -0.39 is 0 Å². The summed E-state index contributed by atoms with van der Waals surface area (Å²) in [6.45, 7) is 1.69. The Morgan fingerprint density at radius 1 is 1.50 bits per heavy atom. The summed E-state index contributed by atoms with van der Waals surface area (Å²) in [4.78, 5) is 13.9. The number of nitrogens with zero attached hydrogens (tertiary/aromatic N) is 1. The van der Waals surface area contributed by atoms with Crippen molar-refractivity contribution < 1.29 is 9.90 Å². The minimum atomic E-state index is -0.293. The molecular weight excluding hydrogens is 226 g/mol. The molecule has 0 saturated carbocycles. The van der Waals surface area contributed by atoms with Gasteiger partial charge in [0.25, 0.3) is 0 Å². The average Bonchev–Trinajstić information content (AvgIpc) is 2.64. The van der Waals surface area contributed by atoms with Gasteiger partial charge in [0.15, 0.2) is 5.78 Å². The Kier molecular flexibility index (Phi) is 3.59. The quantitative estimate of drug-likeness (QED) is 0.815. The topological polar surface area (TPSA) is 40.5 Å². The molecule has 0 aromatic heterocycles. The van der Waals surface area contributed by atoms with Gasteiger partial charge in [-0.25, -0.2) is 0 Å². The summed E-state index contributed by atoms with van der Waals surface area (Å²) in [5.41, 5.74) is 0.561. The molecular formula is C12H14ClNO2. The smallest absolute Gasteiger partial charge is 0.178 e. The van der Waals surface area contributed by atoms with Crippen LogP contribution in [0.4, 0.5) is 0 Å². The maximum absolute atomic E-state index is 11.9. The molecule has 3 nitrogen and oxygen atoms in total. The maximum Gasteiger partial charge on any atom is 0.178 e. The second-order valence-electron chi connectivity index (χ2n) is 4.08. The van der Waals surface area contributed by atoms with E-state index >= 15 is 0 Å². The predicted octanol–water partition coefficient (Wildman–Crippen LogP) is 1.59. The standard InChI is InChI=1S/C12H14ClNO2/c13-11-4-2-1-3-10(11)12(16)8-14-6-5-9(15)7-14/h1-4,9,15H,5-8H2/t9-/m1/s1. The second kappa shape index (κ2) is 4.95. The Labute approximate surface area is 99.6 Å². The number of Topliss-reactive ketones (excluding diaryl/α,β-unsaturated/α-hetero) is 1. The van der Waals surface area contributed by atoms with E-state index in [-0.39, 0.29) is 11.9 Å². The van der Waals surface area contributed by atoms with Gasteiger partial charge in [0.1, 0.15) is 0 Å². The van der Waals surface area contributed by atoms with E-state index in [4.69, 9.17) is 11.6 Å². The first-order valence-corrected chi connectivity index (χ1v) is 5.73. The highest BCUT2D eigenvalue weighted by molar-refractivity contribution is 6.34. The Hall–Kier alpha value is -0.900. The van der Waals surface area contributed by atoms with Crippen LogP contribution in [0.5, 0.6) is 0 Å². The first-order valence-electron chi connectivity index (χ1n) is 5.35. The fraction of sp³-hybridized carbons (Fsp3) is 0.417. The number of hydrogen-bond acceptors (Lipinski definition) is 3. The molecule has 2 rings (SSSR count). The first kappa shape index (κ1) is 11.6. The van der Waals surface area contributed by atoms with Crippen LogP contribution in [0.3, 0.4) is 0 Å². The van der Waals surface area contributed by atoms with Gasteiger partial charge in [-0.2, -0.15) is 0 Å². The van der Waals surface area contributed by atoms with Crippen molar-refractivity contribution in [3.63, 3.8) is 0 Å². The Morgan fingerprint density at radius 2 is 2.25 bits per heavy atom. The normalized spacial score (nSPS) is 21.2. The van der Waals surface area contributed by atoms with Crippen molar-refractivity contribution in [1.29, 1.82) is 0 Å². The van der Waals surface area contributed by atoms with Crippen molar-refractivity contribution >= 4 is 17.4 Å². The van der Waals surface area contributed by atoms with Crippen molar-refractivity contribution in [3.8, 4) is 0 Å². The number of benzene rings is 1. The molecule has 0 bridgehead atoms. The van der Waals surface area contributed by atoms with Crippen molar-refractivity contribution in [2.45, 2.75) is 12.5 Å². The van der Waals surface area contributed by atoms with Crippen LogP contribution in [0, 0.1) is 0 Å². The minimum absolute atomic E-state index is 0.0136. The van der Waals surface area contributed by atoms with Crippen LogP contribution >= 0.6 is 11.6 Å². The van der Waals surface area contributed by atoms with Gasteiger partial charge in [-0.3, -0.25) is 9.69 Å². The van der Waals surface area contributed by atoms with Crippen LogP contribution in [0.15, 0.2) is 24.3 Å². The van der Waals surface area contributed by atoms with Gasteiger partial charge in [0, 0.05) is 18.7 Å². The van der Waals surface area contributed by atoms with E-state index in [9.17, 15) is 9.90 Å². The summed E-state index contributed by atoms with van der Waals surface area (Å²) in [5, 5.41) is 9.85. The van der Waals surface area contributed by atoms with Crippen molar-refractivity contribution in [2.75, 3.05) is 19.6 Å². The van der Waals surface area contributed by atoms with Crippen LogP contribution in [-0.2, 0) is 0 Å². The molecule has 0 radical (unpaired) electrons. The van der Waals surface area contributed by atoms with Crippen molar-refractivity contribution in [2.24, 2.45) is 0 Å². The number of likely N-dealkylation sites (tertiary alicyclic amines) is 1. The minimum Gasteiger partial charge on any atom is -0.392 e. The number of aliphatic hydroxyl groups excluding tert-OH is 1. The third-order valence-corrected chi connectivity index (χ3v) is 3.12. The van der Waals surface area contributed by atoms with Gasteiger partial charge in [0.2, 0.25) is 0 Å². The van der Waals surface area contributed by atoms with Crippen LogP contribution in [0.1, 0.15) is 16.8 Å². The number of aliphatic hydroxyl groups is 1. The van der Waals surface area contributed by atoms with Gasteiger partial charge in [-0.15, -0.1) is 0 Å². The van der Waals surface area contributed by atoms with Crippen molar-refractivity contribution in [1.82, 2.24) is 4.90 Å². The summed E-state index contributed by atoms with van der Waals surface area (Å²) in [6.07, 6.45) is 0.453. The highest BCUT2D eigenvalue weighted by Gasteiger charge is 2.22. The highest BCUT2D eigenvalue weighted by atomic mass is 35.5. The SMILES string of the molecule is O=C(CN1CC[C@@H](O)C1)c1ccccc1Cl. The summed E-state index contributed by atoms with van der Waals surface area (Å²) in [7, 11) is 0. The Morgan fingerprint density at radius 3 is 2.88 bits per heavy atom. The van der Waals surface area contributed by atoms with Crippen LogP contribution < -0.4 is 0 Å². The molecule has 1 aliphatic heterocycles. The molecule has 1 fully saturated rings. The molecule has 4 heteroatoms. The lowest BCUT2D eigenvalue weighted by atomic mass is 10.1. The Balaban J connectivity index is 2.01. The van der Waals surface area contributed by atoms with Crippen LogP contribution in [0.2, 0.25) is 5.02 Å². The molecule has 16 heavy (non-hydrogen) atoms. The average molecular weight is 240 g/mol. The monoisotopic (exact) mass is 239 g/mol. The van der Waals surface area contributed by atoms with E-state index in [0.29, 0.717) is 23.7 Å². The van der Waals surface area contributed by atoms with Gasteiger partial charge >= 0.3 is 0 Å². The zero-order chi connectivity index (χ0) is 11.5. The third-order valence-electron chi connectivity index (χ3n) is 2.79. The molecule has 1 aromatic carbocycles. The third kappa shape index (κ3) is 2.61. The number of rotatable bonds is 3. The number of halogens is 1. The van der Waals surface area contributed by atoms with Gasteiger partial charge in [-0.1, -0.05) is 23.7 Å². The van der Waals surface area contributed by atoms with Gasteiger partial charge < -0.3 is 5.11 Å². The van der Waals surface area contributed by atoms with Crippen LogP contribution in [0.25, 0.3) is 0 Å². The van der Waals surface area contributed by atoms with Gasteiger partial charge in [-0.05, 0) is 18.6 Å². The number of carbonyl (C=O) groups is 1. The molecule has 0 aliphatic carbocycles. The lowest BCUT2D eigenvalue weighted by Crippen LogP contribution is -2.28. The molecule has 0 unspecified atom stereocenters. The van der Waals surface area contributed by atoms with E-state index in [0.717, 1.165) is 13.0 Å². The largest absolute Gasteiger partial charge is 0.392 e. The summed E-state index contributed by atoms with van der Waals surface area (Å²) in [6, 6.07) is 7.06. The maximum atomic E-state index is 11.9. The summed E-state index contributed by atoms with van der Waals surface area (Å²) in [5.74, 6) is 0.0136. The second-order valence-corrected chi connectivity index (χ2v) is 4.49. The van der Waals surface area contributed by atoms with E-state index in [1.54, 1.807) is 24.3 Å². The molecule has 0 spiro atoms. The molecule has 1 aromatic rings. The number of hydrogen-bond donors (Lipinski definition) is 1. The van der Waals surface area contributed by atoms with E-state index in [2.05, 4.69) is 0 Å². The van der Waals surface area contributed by atoms with Gasteiger partial charge in [0.05, 0.1) is 17.7 Å². The zero-order valence-electron chi connectivity index (χ0n) is 8.90. The van der Waals surface area contributed by atoms with E-state index in [1.165, 1.54) is 0 Å². The zero-order valence-corrected chi connectivity index (χ0v) is 9.65. The predicted molar refractivity (Wildman–Crippen MR) is 62.8 cm³/mol. The lowest BCUT2D eigenvalue weighted by molar-refractivity contribution is 0.0935. The molecule has 1 atom stereocenters. The molecule has 1 N–H and O–H groups in total. The molecule has 1 heterocycles. The molecule has 0 amide bonds. The molecule has 1 saturated heterocycles. The molecule has 1 aliphatic rings. The number of carbonyl (C=O) groups excluding carboxylic acids is 1. The van der Waals surface area contributed by atoms with E-state index in [1.807, 2.05) is 4.90 Å². The number of β-amino-alcohol motifs (C(OH)–C–C–N with tert-alkyl or cyclic N) is 1. The lowest BCUT2D eigenvalue weighted by Gasteiger charge is -2.13. The summed E-state index contributed by atoms with van der Waals surface area (Å²) < 4.78 is 0. The highest BCUT2D eigenvalue weighted by Crippen LogP contribution is 2.17. The first-order chi connectivity index (χ1) is 7.66. The number of ketones is 1. The fourth-order valence-corrected chi connectivity index (χ4v) is 2.17. The molecule has 86 valence electrons. The fourth-order valence-electron chi connectivity index (χ4n) is 1.93. The van der Waals surface area contributed by atoms with Crippen LogP contribution in [-0.4, -0.2) is 41.5 Å².